The van der Waals surface area contributed by atoms with Crippen molar-refractivity contribution in [3.05, 3.63) is 18.2 Å². The average Bonchev–Trinajstić information content (AvgIpc) is 2.45. The third-order valence-corrected chi connectivity index (χ3v) is 2.70. The summed E-state index contributed by atoms with van der Waals surface area (Å²) < 4.78 is 11.1. The second kappa shape index (κ2) is 9.10. The Morgan fingerprint density at radius 3 is 2.43 bits per heavy atom. The number of nitrogens with one attached hydrogen (secondary N) is 2. The van der Waals surface area contributed by atoms with Crippen molar-refractivity contribution < 1.29 is 14.3 Å². The van der Waals surface area contributed by atoms with Gasteiger partial charge in [-0.3, -0.25) is 4.79 Å². The van der Waals surface area contributed by atoms with Gasteiger partial charge in [-0.05, 0) is 31.9 Å². The van der Waals surface area contributed by atoms with Crippen molar-refractivity contribution in [2.75, 3.05) is 31.6 Å². The molecule has 5 heteroatoms. The van der Waals surface area contributed by atoms with Crippen LogP contribution in [-0.2, 0) is 4.79 Å². The molecule has 1 rings (SSSR count). The fourth-order valence-corrected chi connectivity index (χ4v) is 1.72. The smallest absolute Gasteiger partial charge is 0.239 e. The Kier molecular flexibility index (Phi) is 7.43. The number of carbonyl (C=O) groups is 1. The minimum absolute atomic E-state index is 0.0180. The van der Waals surface area contributed by atoms with Gasteiger partial charge in [0.05, 0.1) is 19.8 Å². The fraction of sp³-hybridized carbons (Fsp3) is 0.562. The molecule has 0 bridgehead atoms. The summed E-state index contributed by atoms with van der Waals surface area (Å²) in [6.45, 7) is 10.1. The molecule has 0 aliphatic heterocycles. The molecule has 0 unspecified atom stereocenters. The molecule has 0 fully saturated rings. The van der Waals surface area contributed by atoms with Gasteiger partial charge in [-0.25, -0.2) is 0 Å². The van der Waals surface area contributed by atoms with Crippen molar-refractivity contribution >= 4 is 11.6 Å². The van der Waals surface area contributed by atoms with Crippen molar-refractivity contribution in [3.63, 3.8) is 0 Å². The predicted molar refractivity (Wildman–Crippen MR) is 85.1 cm³/mol. The Morgan fingerprint density at radius 1 is 1.14 bits per heavy atom. The van der Waals surface area contributed by atoms with E-state index in [1.807, 2.05) is 32.0 Å². The molecule has 0 saturated carbocycles. The second-order valence-electron chi connectivity index (χ2n) is 5.08. The van der Waals surface area contributed by atoms with Crippen molar-refractivity contribution in [2.45, 2.75) is 27.7 Å². The van der Waals surface area contributed by atoms with Crippen LogP contribution < -0.4 is 20.1 Å². The molecule has 5 nitrogen and oxygen atoms in total. The predicted octanol–water partition coefficient (Wildman–Crippen LogP) is 2.67. The lowest BCUT2D eigenvalue weighted by molar-refractivity contribution is -0.119. The highest BCUT2D eigenvalue weighted by Gasteiger charge is 2.07. The number of rotatable bonds is 9. The van der Waals surface area contributed by atoms with Crippen LogP contribution in [0.2, 0.25) is 0 Å². The molecule has 118 valence electrons. The Hall–Kier alpha value is -1.91. The first-order valence-electron chi connectivity index (χ1n) is 7.47. The Balaban J connectivity index is 2.58. The number of hydrogen-bond acceptors (Lipinski definition) is 4. The highest BCUT2D eigenvalue weighted by atomic mass is 16.5. The molecule has 0 atom stereocenters. The summed E-state index contributed by atoms with van der Waals surface area (Å²) in [6, 6.07) is 5.58. The Labute approximate surface area is 127 Å². The first-order valence-corrected chi connectivity index (χ1v) is 7.47. The molecule has 0 radical (unpaired) electrons. The van der Waals surface area contributed by atoms with E-state index in [0.717, 1.165) is 5.69 Å². The van der Waals surface area contributed by atoms with E-state index < -0.39 is 0 Å². The maximum atomic E-state index is 11.7. The van der Waals surface area contributed by atoms with E-state index in [1.165, 1.54) is 0 Å². The van der Waals surface area contributed by atoms with Crippen LogP contribution in [0, 0.1) is 5.92 Å². The molecule has 2 N–H and O–H groups in total. The van der Waals surface area contributed by atoms with E-state index in [2.05, 4.69) is 24.5 Å². The van der Waals surface area contributed by atoms with E-state index in [0.29, 0.717) is 37.2 Å². The minimum Gasteiger partial charge on any atom is -0.490 e. The number of ether oxygens (including phenoxy) is 2. The molecule has 0 heterocycles. The van der Waals surface area contributed by atoms with Gasteiger partial charge >= 0.3 is 0 Å². The summed E-state index contributed by atoms with van der Waals surface area (Å²) in [5.74, 6) is 1.83. The highest BCUT2D eigenvalue weighted by Crippen LogP contribution is 2.30. The van der Waals surface area contributed by atoms with Crippen LogP contribution in [-0.4, -0.2) is 32.2 Å². The maximum absolute atomic E-state index is 11.7. The maximum Gasteiger partial charge on any atom is 0.239 e. The molecule has 1 aromatic carbocycles. The molecule has 1 amide bonds. The zero-order valence-electron chi connectivity index (χ0n) is 13.4. The molecular weight excluding hydrogens is 268 g/mol. The summed E-state index contributed by atoms with van der Waals surface area (Å²) in [6.07, 6.45) is 0. The van der Waals surface area contributed by atoms with Gasteiger partial charge in [-0.2, -0.15) is 0 Å². The number of hydrogen-bond donors (Lipinski definition) is 2. The van der Waals surface area contributed by atoms with Gasteiger partial charge in [0, 0.05) is 18.3 Å². The van der Waals surface area contributed by atoms with Crippen molar-refractivity contribution in [1.29, 1.82) is 0 Å². The highest BCUT2D eigenvalue weighted by molar-refractivity contribution is 5.80. The average molecular weight is 294 g/mol. The van der Waals surface area contributed by atoms with Gasteiger partial charge in [0.15, 0.2) is 11.5 Å². The van der Waals surface area contributed by atoms with Gasteiger partial charge in [0.2, 0.25) is 5.91 Å². The zero-order chi connectivity index (χ0) is 15.7. The number of anilines is 1. The van der Waals surface area contributed by atoms with Gasteiger partial charge in [-0.15, -0.1) is 0 Å². The normalized spacial score (nSPS) is 10.3. The van der Waals surface area contributed by atoms with E-state index in [1.54, 1.807) is 0 Å². The van der Waals surface area contributed by atoms with Crippen LogP contribution in [0.15, 0.2) is 18.2 Å². The lowest BCUT2D eigenvalue weighted by Crippen LogP contribution is -2.32. The molecule has 0 spiro atoms. The van der Waals surface area contributed by atoms with Crippen LogP contribution in [0.4, 0.5) is 5.69 Å². The van der Waals surface area contributed by atoms with Crippen LogP contribution >= 0.6 is 0 Å². The summed E-state index contributed by atoms with van der Waals surface area (Å²) >= 11 is 0. The van der Waals surface area contributed by atoms with Gasteiger partial charge in [-0.1, -0.05) is 13.8 Å². The van der Waals surface area contributed by atoms with Crippen LogP contribution in [0.25, 0.3) is 0 Å². The van der Waals surface area contributed by atoms with Gasteiger partial charge in [0.25, 0.3) is 0 Å². The third-order valence-electron chi connectivity index (χ3n) is 2.70. The molecule has 0 saturated heterocycles. The van der Waals surface area contributed by atoms with Crippen molar-refractivity contribution in [1.82, 2.24) is 5.32 Å². The Morgan fingerprint density at radius 2 is 1.81 bits per heavy atom. The summed E-state index contributed by atoms with van der Waals surface area (Å²) in [5.41, 5.74) is 0.835. The summed E-state index contributed by atoms with van der Waals surface area (Å²) in [7, 11) is 0. The van der Waals surface area contributed by atoms with E-state index in [4.69, 9.17) is 9.47 Å². The molecule has 0 aliphatic carbocycles. The van der Waals surface area contributed by atoms with E-state index in [9.17, 15) is 4.79 Å². The number of benzene rings is 1. The van der Waals surface area contributed by atoms with E-state index in [-0.39, 0.29) is 12.5 Å². The van der Waals surface area contributed by atoms with Gasteiger partial charge in [0.1, 0.15) is 0 Å². The summed E-state index contributed by atoms with van der Waals surface area (Å²) in [4.78, 5) is 11.7. The molecular formula is C16H26N2O3. The van der Waals surface area contributed by atoms with Crippen molar-refractivity contribution in [2.24, 2.45) is 5.92 Å². The molecule has 21 heavy (non-hydrogen) atoms. The van der Waals surface area contributed by atoms with Crippen LogP contribution in [0.1, 0.15) is 27.7 Å². The Bertz CT molecular complexity index is 447. The number of carbonyl (C=O) groups excluding carboxylic acids is 1. The molecule has 1 aromatic rings. The lowest BCUT2D eigenvalue weighted by atomic mass is 10.2. The first kappa shape index (κ1) is 17.1. The molecule has 0 aliphatic rings. The SMILES string of the molecule is CCOc1ccc(NCC(=O)NCC(C)C)cc1OCC. The quantitative estimate of drug-likeness (QED) is 0.735. The van der Waals surface area contributed by atoms with Crippen LogP contribution in [0.3, 0.4) is 0 Å². The summed E-state index contributed by atoms with van der Waals surface area (Å²) in [5, 5.41) is 5.96. The van der Waals surface area contributed by atoms with Crippen LogP contribution in [0.5, 0.6) is 11.5 Å². The second-order valence-corrected chi connectivity index (χ2v) is 5.08. The largest absolute Gasteiger partial charge is 0.490 e. The van der Waals surface area contributed by atoms with Gasteiger partial charge < -0.3 is 20.1 Å². The lowest BCUT2D eigenvalue weighted by Gasteiger charge is -2.13. The first-order chi connectivity index (χ1) is 10.1. The van der Waals surface area contributed by atoms with Crippen molar-refractivity contribution in [3.8, 4) is 11.5 Å². The number of amides is 1. The van der Waals surface area contributed by atoms with E-state index >= 15 is 0 Å². The molecule has 0 aromatic heterocycles. The monoisotopic (exact) mass is 294 g/mol. The topological polar surface area (TPSA) is 59.6 Å². The standard InChI is InChI=1S/C16H26N2O3/c1-5-20-14-8-7-13(9-15(14)21-6-2)17-11-16(19)18-10-12(3)4/h7-9,12,17H,5-6,10-11H2,1-4H3,(H,18,19). The zero-order valence-corrected chi connectivity index (χ0v) is 13.4. The minimum atomic E-state index is -0.0180. The third kappa shape index (κ3) is 6.38. The fourth-order valence-electron chi connectivity index (χ4n) is 1.72.